The first kappa shape index (κ1) is 14.9. The first-order chi connectivity index (χ1) is 8.91. The van der Waals surface area contributed by atoms with Gasteiger partial charge in [0, 0.05) is 7.05 Å². The van der Waals surface area contributed by atoms with Crippen LogP contribution in [0.2, 0.25) is 0 Å². The standard InChI is InChI=1S/C12H14F2N2O3/c1-16(7-9(13)14)12(19)15-10(11(17)18)8-5-3-2-4-6-8/h2-6,9-10H,7H2,1H3,(H,15,19)(H,17,18)/t10-/m0/s1. The Kier molecular flexibility index (Phi) is 5.23. The highest BCUT2D eigenvalue weighted by molar-refractivity contribution is 5.83. The van der Waals surface area contributed by atoms with Crippen molar-refractivity contribution in [3.8, 4) is 0 Å². The summed E-state index contributed by atoms with van der Waals surface area (Å²) in [5, 5.41) is 11.2. The van der Waals surface area contributed by atoms with Crippen LogP contribution in [-0.4, -0.2) is 42.0 Å². The number of carboxylic acid groups (broad SMARTS) is 1. The molecule has 2 amide bonds. The van der Waals surface area contributed by atoms with Crippen LogP contribution in [0, 0.1) is 0 Å². The molecule has 2 N–H and O–H groups in total. The monoisotopic (exact) mass is 272 g/mol. The lowest BCUT2D eigenvalue weighted by atomic mass is 10.1. The third-order valence-electron chi connectivity index (χ3n) is 2.41. The van der Waals surface area contributed by atoms with E-state index in [9.17, 15) is 18.4 Å². The predicted octanol–water partition coefficient (Wildman–Crippen LogP) is 1.72. The Morgan fingerprint density at radius 3 is 2.37 bits per heavy atom. The van der Waals surface area contributed by atoms with Crippen molar-refractivity contribution in [2.75, 3.05) is 13.6 Å². The predicted molar refractivity (Wildman–Crippen MR) is 64.0 cm³/mol. The van der Waals surface area contributed by atoms with Crippen molar-refractivity contribution in [3.63, 3.8) is 0 Å². The van der Waals surface area contributed by atoms with Gasteiger partial charge in [-0.3, -0.25) is 0 Å². The topological polar surface area (TPSA) is 69.6 Å². The van der Waals surface area contributed by atoms with Crippen LogP contribution in [0.15, 0.2) is 30.3 Å². The summed E-state index contributed by atoms with van der Waals surface area (Å²) in [7, 11) is 1.17. The zero-order chi connectivity index (χ0) is 14.4. The van der Waals surface area contributed by atoms with Crippen LogP contribution in [0.5, 0.6) is 0 Å². The number of nitrogens with one attached hydrogen (secondary N) is 1. The molecule has 0 aliphatic rings. The molecule has 0 saturated carbocycles. The average Bonchev–Trinajstić information content (AvgIpc) is 2.35. The molecule has 0 heterocycles. The molecule has 1 aromatic rings. The minimum absolute atomic E-state index is 0.369. The molecule has 104 valence electrons. The van der Waals surface area contributed by atoms with Crippen LogP contribution < -0.4 is 5.32 Å². The number of nitrogens with zero attached hydrogens (tertiary/aromatic N) is 1. The van der Waals surface area contributed by atoms with Gasteiger partial charge in [0.1, 0.15) is 0 Å². The number of hydrogen-bond acceptors (Lipinski definition) is 2. The van der Waals surface area contributed by atoms with Gasteiger partial charge in [-0.15, -0.1) is 0 Å². The van der Waals surface area contributed by atoms with E-state index in [0.717, 1.165) is 4.90 Å². The fourth-order valence-electron chi connectivity index (χ4n) is 1.46. The normalized spacial score (nSPS) is 12.0. The molecule has 0 radical (unpaired) electrons. The highest BCUT2D eigenvalue weighted by atomic mass is 19.3. The maximum atomic E-state index is 12.1. The van der Waals surface area contributed by atoms with Gasteiger partial charge in [-0.25, -0.2) is 18.4 Å². The van der Waals surface area contributed by atoms with E-state index < -0.39 is 31.0 Å². The molecular formula is C12H14F2N2O3. The van der Waals surface area contributed by atoms with Crippen LogP contribution in [0.4, 0.5) is 13.6 Å². The van der Waals surface area contributed by atoms with Gasteiger partial charge in [0.2, 0.25) is 0 Å². The maximum Gasteiger partial charge on any atom is 0.330 e. The van der Waals surface area contributed by atoms with Crippen LogP contribution in [0.25, 0.3) is 0 Å². The van der Waals surface area contributed by atoms with Gasteiger partial charge >= 0.3 is 12.0 Å². The summed E-state index contributed by atoms with van der Waals surface area (Å²) < 4.78 is 24.3. The first-order valence-electron chi connectivity index (χ1n) is 5.49. The van der Waals surface area contributed by atoms with Gasteiger partial charge < -0.3 is 15.3 Å². The number of rotatable bonds is 5. The van der Waals surface area contributed by atoms with E-state index >= 15 is 0 Å². The van der Waals surface area contributed by atoms with Gasteiger partial charge in [0.05, 0.1) is 6.54 Å². The highest BCUT2D eigenvalue weighted by Crippen LogP contribution is 2.13. The number of hydrogen-bond donors (Lipinski definition) is 2. The molecule has 0 fully saturated rings. The molecule has 1 aromatic carbocycles. The van der Waals surface area contributed by atoms with Crippen molar-refractivity contribution in [2.45, 2.75) is 12.5 Å². The zero-order valence-electron chi connectivity index (χ0n) is 10.2. The van der Waals surface area contributed by atoms with Crippen molar-refractivity contribution in [1.82, 2.24) is 10.2 Å². The summed E-state index contributed by atoms with van der Waals surface area (Å²) in [6, 6.07) is 5.89. The fraction of sp³-hybridized carbons (Fsp3) is 0.333. The summed E-state index contributed by atoms with van der Waals surface area (Å²) in [4.78, 5) is 23.4. The minimum atomic E-state index is -2.67. The molecule has 0 aliphatic heterocycles. The van der Waals surface area contributed by atoms with Crippen molar-refractivity contribution in [3.05, 3.63) is 35.9 Å². The Bertz CT molecular complexity index is 440. The van der Waals surface area contributed by atoms with E-state index in [1.807, 2.05) is 0 Å². The summed E-state index contributed by atoms with van der Waals surface area (Å²) in [6.07, 6.45) is -2.67. The summed E-state index contributed by atoms with van der Waals surface area (Å²) in [5.74, 6) is -1.26. The summed E-state index contributed by atoms with van der Waals surface area (Å²) >= 11 is 0. The number of alkyl halides is 2. The molecular weight excluding hydrogens is 258 g/mol. The molecule has 0 aromatic heterocycles. The van der Waals surface area contributed by atoms with Crippen molar-refractivity contribution >= 4 is 12.0 Å². The number of carboxylic acids is 1. The van der Waals surface area contributed by atoms with Crippen molar-refractivity contribution in [2.24, 2.45) is 0 Å². The lowest BCUT2D eigenvalue weighted by Crippen LogP contribution is -2.43. The Labute approximate surface area is 108 Å². The van der Waals surface area contributed by atoms with Crippen LogP contribution in [0.1, 0.15) is 11.6 Å². The third kappa shape index (κ3) is 4.53. The Hall–Kier alpha value is -2.18. The Morgan fingerprint density at radius 1 is 1.32 bits per heavy atom. The Balaban J connectivity index is 2.75. The number of aliphatic carboxylic acids is 1. The lowest BCUT2D eigenvalue weighted by molar-refractivity contribution is -0.139. The molecule has 0 spiro atoms. The molecule has 1 rings (SSSR count). The van der Waals surface area contributed by atoms with Crippen molar-refractivity contribution < 1.29 is 23.5 Å². The number of halogens is 2. The SMILES string of the molecule is CN(CC(F)F)C(=O)N[C@H](C(=O)O)c1ccccc1. The van der Waals surface area contributed by atoms with Gasteiger partial charge in [0.15, 0.2) is 6.04 Å². The molecule has 0 unspecified atom stereocenters. The summed E-state index contributed by atoms with van der Waals surface area (Å²) in [5.41, 5.74) is 0.369. The largest absolute Gasteiger partial charge is 0.479 e. The second kappa shape index (κ2) is 6.67. The van der Waals surface area contributed by atoms with Crippen LogP contribution in [0.3, 0.4) is 0 Å². The Morgan fingerprint density at radius 2 is 1.89 bits per heavy atom. The number of benzene rings is 1. The third-order valence-corrected chi connectivity index (χ3v) is 2.41. The number of urea groups is 1. The second-order valence-corrected chi connectivity index (χ2v) is 3.90. The summed E-state index contributed by atoms with van der Waals surface area (Å²) in [6.45, 7) is -0.757. The van der Waals surface area contributed by atoms with E-state index in [-0.39, 0.29) is 0 Å². The molecule has 1 atom stereocenters. The molecule has 7 heteroatoms. The van der Waals surface area contributed by atoms with Gasteiger partial charge in [-0.05, 0) is 5.56 Å². The minimum Gasteiger partial charge on any atom is -0.479 e. The van der Waals surface area contributed by atoms with E-state index in [1.54, 1.807) is 18.2 Å². The van der Waals surface area contributed by atoms with Gasteiger partial charge in [-0.2, -0.15) is 0 Å². The van der Waals surface area contributed by atoms with Gasteiger partial charge in [0.25, 0.3) is 6.43 Å². The smallest absolute Gasteiger partial charge is 0.330 e. The molecule has 19 heavy (non-hydrogen) atoms. The maximum absolute atomic E-state index is 12.1. The van der Waals surface area contributed by atoms with Gasteiger partial charge in [-0.1, -0.05) is 30.3 Å². The van der Waals surface area contributed by atoms with Crippen molar-refractivity contribution in [1.29, 1.82) is 0 Å². The highest BCUT2D eigenvalue weighted by Gasteiger charge is 2.24. The quantitative estimate of drug-likeness (QED) is 0.857. The molecule has 0 saturated heterocycles. The van der Waals surface area contributed by atoms with E-state index in [0.29, 0.717) is 5.56 Å². The van der Waals surface area contributed by atoms with E-state index in [1.165, 1.54) is 19.2 Å². The number of carbonyl (C=O) groups excluding carboxylic acids is 1. The lowest BCUT2D eigenvalue weighted by Gasteiger charge is -2.21. The van der Waals surface area contributed by atoms with E-state index in [2.05, 4.69) is 5.32 Å². The molecule has 0 aliphatic carbocycles. The first-order valence-corrected chi connectivity index (χ1v) is 5.49. The van der Waals surface area contributed by atoms with Crippen LogP contribution >= 0.6 is 0 Å². The number of carbonyl (C=O) groups is 2. The molecule has 5 nitrogen and oxygen atoms in total. The van der Waals surface area contributed by atoms with Crippen LogP contribution in [-0.2, 0) is 4.79 Å². The average molecular weight is 272 g/mol. The molecule has 0 bridgehead atoms. The van der Waals surface area contributed by atoms with E-state index in [4.69, 9.17) is 5.11 Å². The second-order valence-electron chi connectivity index (χ2n) is 3.90. The zero-order valence-corrected chi connectivity index (χ0v) is 10.2. The number of amides is 2. The fourth-order valence-corrected chi connectivity index (χ4v) is 1.46.